The number of carbonyl (C=O) groups excluding carboxylic acids is 3. The molecule has 0 unspecified atom stereocenters. The molecule has 0 aliphatic carbocycles. The molecule has 8 nitrogen and oxygen atoms in total. The number of hydrogen-bond acceptors (Lipinski definition) is 5. The van der Waals surface area contributed by atoms with Crippen LogP contribution >= 0.6 is 11.8 Å². The standard InChI is InChI=1S/C30H29F3N4O4S/c1-18(2)24-13-4-19(3)16-25(24)37-26(38)17-42-29(37)36-28(40)34-15-14-20-5-9-22(10-6-20)35-27(39)21-7-11-23(12-8-21)41-30(31,32)33/h4-13,16,18H,14-15,17H2,1-3H3,(H,34,40)(H,35,39)/b36-29-. The summed E-state index contributed by atoms with van der Waals surface area (Å²) in [5.74, 6) is -0.642. The van der Waals surface area contributed by atoms with E-state index in [-0.39, 0.29) is 23.1 Å². The van der Waals surface area contributed by atoms with Crippen LogP contribution in [0.25, 0.3) is 0 Å². The summed E-state index contributed by atoms with van der Waals surface area (Å²) in [4.78, 5) is 43.4. The molecule has 1 saturated heterocycles. The lowest BCUT2D eigenvalue weighted by molar-refractivity contribution is -0.274. The van der Waals surface area contributed by atoms with E-state index in [1.807, 2.05) is 39.0 Å². The van der Waals surface area contributed by atoms with Crippen molar-refractivity contribution < 1.29 is 32.3 Å². The van der Waals surface area contributed by atoms with Gasteiger partial charge in [-0.3, -0.25) is 14.5 Å². The highest BCUT2D eigenvalue weighted by Gasteiger charge is 2.33. The van der Waals surface area contributed by atoms with Crippen molar-refractivity contribution in [3.63, 3.8) is 0 Å². The molecule has 4 rings (SSSR count). The second kappa shape index (κ2) is 13.1. The summed E-state index contributed by atoms with van der Waals surface area (Å²) >= 11 is 1.23. The lowest BCUT2D eigenvalue weighted by Gasteiger charge is -2.22. The Morgan fingerprint density at radius 1 is 1.05 bits per heavy atom. The minimum atomic E-state index is -4.81. The van der Waals surface area contributed by atoms with E-state index in [0.29, 0.717) is 23.8 Å². The van der Waals surface area contributed by atoms with Crippen LogP contribution in [0.1, 0.15) is 46.8 Å². The number of halogens is 3. The largest absolute Gasteiger partial charge is 0.573 e. The van der Waals surface area contributed by atoms with Crippen molar-refractivity contribution >= 4 is 46.1 Å². The van der Waals surface area contributed by atoms with Gasteiger partial charge in [0.25, 0.3) is 5.91 Å². The van der Waals surface area contributed by atoms with Gasteiger partial charge >= 0.3 is 12.4 Å². The predicted molar refractivity (Wildman–Crippen MR) is 157 cm³/mol. The third-order valence-corrected chi connectivity index (χ3v) is 7.19. The molecule has 0 aromatic heterocycles. The van der Waals surface area contributed by atoms with E-state index in [2.05, 4.69) is 20.4 Å². The highest BCUT2D eigenvalue weighted by molar-refractivity contribution is 8.15. The second-order valence-electron chi connectivity index (χ2n) is 9.83. The Morgan fingerprint density at radius 3 is 2.38 bits per heavy atom. The van der Waals surface area contributed by atoms with Crippen molar-refractivity contribution in [2.24, 2.45) is 4.99 Å². The number of nitrogens with one attached hydrogen (secondary N) is 2. The first-order valence-electron chi connectivity index (χ1n) is 13.1. The number of urea groups is 1. The normalized spacial score (nSPS) is 14.4. The number of amides is 4. The van der Waals surface area contributed by atoms with Gasteiger partial charge in [-0.05, 0) is 78.4 Å². The SMILES string of the molecule is Cc1ccc(C(C)C)c(N2C(=O)CS/C2=N\C(=O)NCCc2ccc(NC(=O)c3ccc(OC(F)(F)F)cc3)cc2)c1. The molecule has 0 radical (unpaired) electrons. The molecular formula is C30H29F3N4O4S. The molecule has 1 fully saturated rings. The summed E-state index contributed by atoms with van der Waals surface area (Å²) in [7, 11) is 0. The summed E-state index contributed by atoms with van der Waals surface area (Å²) in [5, 5.41) is 5.77. The number of ether oxygens (including phenoxy) is 1. The van der Waals surface area contributed by atoms with Crippen molar-refractivity contribution in [1.29, 1.82) is 0 Å². The predicted octanol–water partition coefficient (Wildman–Crippen LogP) is 6.66. The van der Waals surface area contributed by atoms with Crippen molar-refractivity contribution in [3.8, 4) is 5.75 Å². The Balaban J connectivity index is 1.30. The number of rotatable bonds is 8. The Hall–Kier alpha value is -4.32. The van der Waals surface area contributed by atoms with Crippen molar-refractivity contribution in [3.05, 3.63) is 89.0 Å². The number of thioether (sulfide) groups is 1. The van der Waals surface area contributed by atoms with Crippen LogP contribution in [-0.4, -0.2) is 41.7 Å². The van der Waals surface area contributed by atoms with Gasteiger partial charge in [-0.25, -0.2) is 4.79 Å². The molecule has 12 heteroatoms. The summed E-state index contributed by atoms with van der Waals surface area (Å²) in [6.45, 7) is 6.34. The Bertz CT molecular complexity index is 1490. The minimum Gasteiger partial charge on any atom is -0.406 e. The van der Waals surface area contributed by atoms with E-state index in [9.17, 15) is 27.6 Å². The van der Waals surface area contributed by atoms with Gasteiger partial charge in [-0.1, -0.05) is 49.9 Å². The molecule has 4 amide bonds. The van der Waals surface area contributed by atoms with Crippen LogP contribution in [0.15, 0.2) is 71.7 Å². The molecule has 1 heterocycles. The molecule has 1 aliphatic heterocycles. The van der Waals surface area contributed by atoms with Gasteiger partial charge in [0.05, 0.1) is 11.4 Å². The molecule has 220 valence electrons. The summed E-state index contributed by atoms with van der Waals surface area (Å²) in [6, 6.07) is 16.9. The topological polar surface area (TPSA) is 100 Å². The molecular weight excluding hydrogens is 569 g/mol. The second-order valence-corrected chi connectivity index (χ2v) is 10.8. The fraction of sp³-hybridized carbons (Fsp3) is 0.267. The van der Waals surface area contributed by atoms with Crippen LogP contribution in [0.3, 0.4) is 0 Å². The van der Waals surface area contributed by atoms with Gasteiger partial charge < -0.3 is 15.4 Å². The lowest BCUT2D eigenvalue weighted by atomic mass is 9.99. The molecule has 0 spiro atoms. The number of hydrogen-bond donors (Lipinski definition) is 2. The highest BCUT2D eigenvalue weighted by Crippen LogP contribution is 2.34. The van der Waals surface area contributed by atoms with Gasteiger partial charge in [0.15, 0.2) is 5.17 Å². The molecule has 0 saturated carbocycles. The third-order valence-electron chi connectivity index (χ3n) is 6.26. The molecule has 2 N–H and O–H groups in total. The number of carbonyl (C=O) groups is 3. The van der Waals surface area contributed by atoms with Gasteiger partial charge in [-0.2, -0.15) is 4.99 Å². The van der Waals surface area contributed by atoms with E-state index in [4.69, 9.17) is 0 Å². The smallest absolute Gasteiger partial charge is 0.406 e. The summed E-state index contributed by atoms with van der Waals surface area (Å²) < 4.78 is 40.7. The van der Waals surface area contributed by atoms with Gasteiger partial charge in [0.2, 0.25) is 5.91 Å². The minimum absolute atomic E-state index is 0.126. The van der Waals surface area contributed by atoms with E-state index in [1.54, 1.807) is 24.3 Å². The van der Waals surface area contributed by atoms with E-state index in [0.717, 1.165) is 34.5 Å². The lowest BCUT2D eigenvalue weighted by Crippen LogP contribution is -2.32. The average Bonchev–Trinajstić information content (AvgIpc) is 3.28. The number of nitrogens with zero attached hydrogens (tertiary/aromatic N) is 2. The Labute approximate surface area is 245 Å². The van der Waals surface area contributed by atoms with Gasteiger partial charge in [0, 0.05) is 17.8 Å². The molecule has 3 aromatic carbocycles. The first-order valence-corrected chi connectivity index (χ1v) is 14.1. The molecule has 0 bridgehead atoms. The molecule has 42 heavy (non-hydrogen) atoms. The molecule has 0 atom stereocenters. The number of amidine groups is 1. The first kappa shape index (κ1) is 30.6. The number of anilines is 2. The molecule has 1 aliphatic rings. The van der Waals surface area contributed by atoms with Gasteiger partial charge in [-0.15, -0.1) is 13.2 Å². The zero-order valence-corrected chi connectivity index (χ0v) is 23.9. The van der Waals surface area contributed by atoms with E-state index in [1.165, 1.54) is 28.8 Å². The van der Waals surface area contributed by atoms with E-state index >= 15 is 0 Å². The van der Waals surface area contributed by atoms with Crippen LogP contribution in [0.4, 0.5) is 29.3 Å². The number of alkyl halides is 3. The van der Waals surface area contributed by atoms with Crippen molar-refractivity contribution in [2.45, 2.75) is 39.5 Å². The fourth-order valence-electron chi connectivity index (χ4n) is 4.22. The Morgan fingerprint density at radius 2 is 1.74 bits per heavy atom. The highest BCUT2D eigenvalue weighted by atomic mass is 32.2. The third kappa shape index (κ3) is 8.12. The fourth-order valence-corrected chi connectivity index (χ4v) is 5.08. The zero-order chi connectivity index (χ0) is 30.4. The summed E-state index contributed by atoms with van der Waals surface area (Å²) in [6.07, 6.45) is -4.31. The van der Waals surface area contributed by atoms with Crippen LogP contribution < -0.4 is 20.3 Å². The van der Waals surface area contributed by atoms with Crippen LogP contribution in [-0.2, 0) is 11.2 Å². The quantitative estimate of drug-likeness (QED) is 0.302. The zero-order valence-electron chi connectivity index (χ0n) is 23.1. The maximum atomic E-state index is 12.7. The maximum absolute atomic E-state index is 12.7. The molecule has 3 aromatic rings. The Kier molecular flexibility index (Phi) is 9.56. The van der Waals surface area contributed by atoms with Crippen LogP contribution in [0.2, 0.25) is 0 Å². The number of aryl methyl sites for hydroxylation is 1. The average molecular weight is 599 g/mol. The van der Waals surface area contributed by atoms with E-state index < -0.39 is 24.1 Å². The van der Waals surface area contributed by atoms with Gasteiger partial charge in [0.1, 0.15) is 5.75 Å². The summed E-state index contributed by atoms with van der Waals surface area (Å²) in [5.41, 5.74) is 4.30. The number of aliphatic imine (C=N–C) groups is 1. The van der Waals surface area contributed by atoms with Crippen LogP contribution in [0.5, 0.6) is 5.75 Å². The maximum Gasteiger partial charge on any atom is 0.573 e. The monoisotopic (exact) mass is 598 g/mol. The van der Waals surface area contributed by atoms with Crippen molar-refractivity contribution in [2.75, 3.05) is 22.5 Å². The van der Waals surface area contributed by atoms with Crippen LogP contribution in [0, 0.1) is 6.92 Å². The van der Waals surface area contributed by atoms with Crippen molar-refractivity contribution in [1.82, 2.24) is 5.32 Å². The first-order chi connectivity index (χ1) is 19.9. The number of benzene rings is 3.